The predicted molar refractivity (Wildman–Crippen MR) is 127 cm³/mol. The van der Waals surface area contributed by atoms with Gasteiger partial charge in [-0.05, 0) is 55.0 Å². The van der Waals surface area contributed by atoms with Gasteiger partial charge in [0.25, 0.3) is 5.56 Å². The molecule has 4 aromatic rings. The first-order valence-corrected chi connectivity index (χ1v) is 10.5. The predicted octanol–water partition coefficient (Wildman–Crippen LogP) is 5.09. The van der Waals surface area contributed by atoms with Crippen molar-refractivity contribution in [2.24, 2.45) is 0 Å². The summed E-state index contributed by atoms with van der Waals surface area (Å²) in [5.74, 6) is 1.78. The summed E-state index contributed by atoms with van der Waals surface area (Å²) in [6, 6.07) is 19.0. The number of nitrogens with one attached hydrogen (secondary N) is 1. The van der Waals surface area contributed by atoms with Crippen molar-refractivity contribution in [3.63, 3.8) is 0 Å². The number of rotatable bonds is 6. The molecule has 0 amide bonds. The number of benzene rings is 3. The van der Waals surface area contributed by atoms with E-state index >= 15 is 0 Å². The zero-order valence-electron chi connectivity index (χ0n) is 17.5. The molecule has 6 nitrogen and oxygen atoms in total. The fourth-order valence-corrected chi connectivity index (χ4v) is 3.83. The van der Waals surface area contributed by atoms with E-state index in [1.165, 1.54) is 0 Å². The van der Waals surface area contributed by atoms with E-state index in [9.17, 15) is 4.79 Å². The summed E-state index contributed by atoms with van der Waals surface area (Å²) in [5, 5.41) is 3.90. The molecule has 0 unspecified atom stereocenters. The maximum atomic E-state index is 13.4. The lowest BCUT2D eigenvalue weighted by Crippen LogP contribution is -2.24. The summed E-state index contributed by atoms with van der Waals surface area (Å²) < 4.78 is 13.2. The Balaban J connectivity index is 1.80. The number of fused-ring (bicyclic) bond motifs is 1. The van der Waals surface area contributed by atoms with Crippen LogP contribution in [0, 0.1) is 6.92 Å². The van der Waals surface area contributed by atoms with Crippen molar-refractivity contribution in [3.05, 3.63) is 86.6 Å². The maximum absolute atomic E-state index is 13.4. The molecule has 7 heteroatoms. The molecular weight excluding hydrogens is 458 g/mol. The molecule has 31 heavy (non-hydrogen) atoms. The molecule has 4 rings (SSSR count). The highest BCUT2D eigenvalue weighted by atomic mass is 79.9. The van der Waals surface area contributed by atoms with Gasteiger partial charge in [-0.3, -0.25) is 4.79 Å². The lowest BCUT2D eigenvalue weighted by atomic mass is 10.1. The topological polar surface area (TPSA) is 65.4 Å². The molecule has 3 aromatic carbocycles. The Hall–Kier alpha value is -3.32. The number of halogens is 1. The van der Waals surface area contributed by atoms with Crippen molar-refractivity contribution >= 4 is 32.8 Å². The summed E-state index contributed by atoms with van der Waals surface area (Å²) in [7, 11) is 3.21. The summed E-state index contributed by atoms with van der Waals surface area (Å²) in [6.45, 7) is 2.42. The third kappa shape index (κ3) is 4.27. The van der Waals surface area contributed by atoms with Gasteiger partial charge in [0, 0.05) is 11.0 Å². The van der Waals surface area contributed by atoms with E-state index in [2.05, 4.69) is 21.2 Å². The summed E-state index contributed by atoms with van der Waals surface area (Å²) in [4.78, 5) is 18.2. The smallest absolute Gasteiger partial charge is 0.267 e. The second-order valence-corrected chi connectivity index (χ2v) is 8.04. The van der Waals surface area contributed by atoms with E-state index in [0.29, 0.717) is 34.9 Å². The molecule has 1 aromatic heterocycles. The number of nitrogens with zero attached hydrogens (tertiary/aromatic N) is 2. The molecule has 0 aliphatic carbocycles. The lowest BCUT2D eigenvalue weighted by molar-refractivity contribution is 0.354. The van der Waals surface area contributed by atoms with Crippen LogP contribution < -0.4 is 20.3 Å². The first-order chi connectivity index (χ1) is 15.0. The highest BCUT2D eigenvalue weighted by molar-refractivity contribution is 9.10. The largest absolute Gasteiger partial charge is 0.493 e. The average Bonchev–Trinajstić information content (AvgIpc) is 2.78. The van der Waals surface area contributed by atoms with Crippen LogP contribution in [-0.2, 0) is 6.54 Å². The minimum atomic E-state index is -0.124. The van der Waals surface area contributed by atoms with Gasteiger partial charge in [-0.25, -0.2) is 9.55 Å². The van der Waals surface area contributed by atoms with Gasteiger partial charge in [-0.2, -0.15) is 0 Å². The molecule has 0 bridgehead atoms. The van der Waals surface area contributed by atoms with Gasteiger partial charge in [-0.1, -0.05) is 39.7 Å². The highest BCUT2D eigenvalue weighted by Crippen LogP contribution is 2.28. The molecule has 0 radical (unpaired) electrons. The fourth-order valence-electron chi connectivity index (χ4n) is 3.44. The zero-order valence-corrected chi connectivity index (χ0v) is 19.1. The number of methoxy groups -OCH3 is 2. The maximum Gasteiger partial charge on any atom is 0.267 e. The number of hydrogen-bond acceptors (Lipinski definition) is 5. The molecule has 0 fully saturated rings. The van der Waals surface area contributed by atoms with E-state index in [4.69, 9.17) is 14.5 Å². The van der Waals surface area contributed by atoms with Crippen LogP contribution >= 0.6 is 15.9 Å². The first-order valence-electron chi connectivity index (χ1n) is 9.74. The second kappa shape index (κ2) is 8.81. The standard InChI is InChI=1S/C24H22BrN3O3/c1-15-7-9-20-19(11-15)23(29)28(18-6-4-5-17(25)13-18)24(27-20)26-14-16-8-10-21(30-2)22(12-16)31-3/h4-13H,14H2,1-3H3,(H,26,27). The van der Waals surface area contributed by atoms with Crippen LogP contribution in [0.2, 0.25) is 0 Å². The fraction of sp³-hybridized carbons (Fsp3) is 0.167. The molecule has 0 saturated heterocycles. The molecule has 0 aliphatic heterocycles. The first kappa shape index (κ1) is 20.9. The number of aryl methyl sites for hydroxylation is 1. The van der Waals surface area contributed by atoms with Gasteiger partial charge in [-0.15, -0.1) is 0 Å². The van der Waals surface area contributed by atoms with E-state index in [0.717, 1.165) is 21.3 Å². The Morgan fingerprint density at radius 2 is 1.81 bits per heavy atom. The monoisotopic (exact) mass is 479 g/mol. The van der Waals surface area contributed by atoms with Gasteiger partial charge in [0.1, 0.15) is 0 Å². The van der Waals surface area contributed by atoms with Crippen LogP contribution in [0.25, 0.3) is 16.6 Å². The van der Waals surface area contributed by atoms with Crippen LogP contribution in [0.1, 0.15) is 11.1 Å². The van der Waals surface area contributed by atoms with Crippen molar-refractivity contribution in [1.29, 1.82) is 0 Å². The molecule has 0 spiro atoms. The third-order valence-corrected chi connectivity index (χ3v) is 5.48. The van der Waals surface area contributed by atoms with Gasteiger partial charge in [0.15, 0.2) is 11.5 Å². The number of aromatic nitrogens is 2. The van der Waals surface area contributed by atoms with E-state index < -0.39 is 0 Å². The molecule has 158 valence electrons. The molecule has 0 aliphatic rings. The Morgan fingerprint density at radius 1 is 1.00 bits per heavy atom. The lowest BCUT2D eigenvalue weighted by Gasteiger charge is -2.16. The molecular formula is C24H22BrN3O3. The average molecular weight is 480 g/mol. The zero-order chi connectivity index (χ0) is 22.0. The van der Waals surface area contributed by atoms with Crippen LogP contribution in [0.4, 0.5) is 5.95 Å². The quantitative estimate of drug-likeness (QED) is 0.417. The van der Waals surface area contributed by atoms with Gasteiger partial charge in [0.2, 0.25) is 5.95 Å². The molecule has 1 heterocycles. The van der Waals surface area contributed by atoms with Gasteiger partial charge < -0.3 is 14.8 Å². The van der Waals surface area contributed by atoms with Crippen LogP contribution in [0.3, 0.4) is 0 Å². The minimum Gasteiger partial charge on any atom is -0.493 e. The second-order valence-electron chi connectivity index (χ2n) is 7.12. The van der Waals surface area contributed by atoms with Crippen molar-refractivity contribution in [1.82, 2.24) is 9.55 Å². The third-order valence-electron chi connectivity index (χ3n) is 4.99. The van der Waals surface area contributed by atoms with Gasteiger partial charge >= 0.3 is 0 Å². The van der Waals surface area contributed by atoms with Crippen molar-refractivity contribution in [2.45, 2.75) is 13.5 Å². The Kier molecular flexibility index (Phi) is 5.95. The van der Waals surface area contributed by atoms with E-state index in [1.54, 1.807) is 18.8 Å². The van der Waals surface area contributed by atoms with Crippen LogP contribution in [0.15, 0.2) is 69.9 Å². The normalized spacial score (nSPS) is 10.8. The molecule has 1 N–H and O–H groups in total. The number of anilines is 1. The van der Waals surface area contributed by atoms with E-state index in [-0.39, 0.29) is 5.56 Å². The summed E-state index contributed by atoms with van der Waals surface area (Å²) in [6.07, 6.45) is 0. The minimum absolute atomic E-state index is 0.124. The molecule has 0 saturated carbocycles. The van der Waals surface area contributed by atoms with Crippen LogP contribution in [-0.4, -0.2) is 23.8 Å². The van der Waals surface area contributed by atoms with Crippen molar-refractivity contribution < 1.29 is 9.47 Å². The Labute approximate surface area is 188 Å². The van der Waals surface area contributed by atoms with E-state index in [1.807, 2.05) is 67.6 Å². The number of ether oxygens (including phenoxy) is 2. The summed E-state index contributed by atoms with van der Waals surface area (Å²) >= 11 is 3.49. The summed E-state index contributed by atoms with van der Waals surface area (Å²) in [5.41, 5.74) is 3.23. The van der Waals surface area contributed by atoms with Crippen molar-refractivity contribution in [3.8, 4) is 17.2 Å². The van der Waals surface area contributed by atoms with Gasteiger partial charge in [0.05, 0.1) is 30.8 Å². The Bertz CT molecular complexity index is 1320. The number of hydrogen-bond donors (Lipinski definition) is 1. The van der Waals surface area contributed by atoms with Crippen LogP contribution in [0.5, 0.6) is 11.5 Å². The molecule has 0 atom stereocenters. The SMILES string of the molecule is COc1ccc(CNc2nc3ccc(C)cc3c(=O)n2-c2cccc(Br)c2)cc1OC. The Morgan fingerprint density at radius 3 is 2.55 bits per heavy atom. The van der Waals surface area contributed by atoms with Crippen molar-refractivity contribution in [2.75, 3.05) is 19.5 Å². The highest BCUT2D eigenvalue weighted by Gasteiger charge is 2.14.